The first-order chi connectivity index (χ1) is 9.65. The van der Waals surface area contributed by atoms with Crippen LogP contribution in [0, 0.1) is 17.0 Å². The maximum absolute atomic E-state index is 13.4. The normalized spacial score (nSPS) is 21.9. The van der Waals surface area contributed by atoms with Gasteiger partial charge in [0.25, 0.3) is 0 Å². The summed E-state index contributed by atoms with van der Waals surface area (Å²) in [7, 11) is 0. The standard InChI is InChI=1S/C16H21F2NO/c17-13-7-12(8-14(18)9-13)10-16(3-5-20-6-4-16)11-19-15-1-2-15/h7-9,15,19H,1-6,10-11H2. The van der Waals surface area contributed by atoms with Crippen molar-refractivity contribution in [1.82, 2.24) is 5.32 Å². The fourth-order valence-electron chi connectivity index (χ4n) is 3.01. The Labute approximate surface area is 118 Å². The van der Waals surface area contributed by atoms with Crippen LogP contribution in [0.3, 0.4) is 0 Å². The van der Waals surface area contributed by atoms with Gasteiger partial charge in [-0.25, -0.2) is 8.78 Å². The van der Waals surface area contributed by atoms with Crippen molar-refractivity contribution in [3.05, 3.63) is 35.4 Å². The largest absolute Gasteiger partial charge is 0.381 e. The van der Waals surface area contributed by atoms with Crippen molar-refractivity contribution in [2.75, 3.05) is 19.8 Å². The van der Waals surface area contributed by atoms with E-state index in [4.69, 9.17) is 4.74 Å². The smallest absolute Gasteiger partial charge is 0.126 e. The van der Waals surface area contributed by atoms with Crippen molar-refractivity contribution in [3.63, 3.8) is 0 Å². The number of hydrogen-bond acceptors (Lipinski definition) is 2. The number of halogens is 2. The van der Waals surface area contributed by atoms with Crippen LogP contribution in [0.5, 0.6) is 0 Å². The fraction of sp³-hybridized carbons (Fsp3) is 0.625. The van der Waals surface area contributed by atoms with Crippen LogP contribution in [0.1, 0.15) is 31.2 Å². The lowest BCUT2D eigenvalue weighted by molar-refractivity contribution is 0.0147. The van der Waals surface area contributed by atoms with Gasteiger partial charge >= 0.3 is 0 Å². The molecule has 0 radical (unpaired) electrons. The van der Waals surface area contributed by atoms with Gasteiger partial charge in [-0.15, -0.1) is 0 Å². The Hall–Kier alpha value is -1.00. The highest BCUT2D eigenvalue weighted by Gasteiger charge is 2.34. The summed E-state index contributed by atoms with van der Waals surface area (Å²) in [5, 5.41) is 3.57. The first-order valence-corrected chi connectivity index (χ1v) is 7.41. The summed E-state index contributed by atoms with van der Waals surface area (Å²) in [6.45, 7) is 2.40. The van der Waals surface area contributed by atoms with Gasteiger partial charge < -0.3 is 10.1 Å². The predicted octanol–water partition coefficient (Wildman–Crippen LogP) is 3.06. The molecule has 1 saturated carbocycles. The van der Waals surface area contributed by atoms with Gasteiger partial charge in [0, 0.05) is 31.9 Å². The highest BCUT2D eigenvalue weighted by molar-refractivity contribution is 5.20. The summed E-state index contributed by atoms with van der Waals surface area (Å²) >= 11 is 0. The molecule has 1 aromatic carbocycles. The van der Waals surface area contributed by atoms with Crippen LogP contribution in [0.15, 0.2) is 18.2 Å². The third kappa shape index (κ3) is 3.55. The molecule has 1 saturated heterocycles. The Morgan fingerprint density at radius 3 is 2.35 bits per heavy atom. The first-order valence-electron chi connectivity index (χ1n) is 7.41. The van der Waals surface area contributed by atoms with E-state index in [1.54, 1.807) is 0 Å². The van der Waals surface area contributed by atoms with E-state index in [0.717, 1.165) is 44.2 Å². The Morgan fingerprint density at radius 2 is 1.75 bits per heavy atom. The van der Waals surface area contributed by atoms with Gasteiger partial charge in [-0.3, -0.25) is 0 Å². The van der Waals surface area contributed by atoms with Crippen LogP contribution in [0.2, 0.25) is 0 Å². The fourth-order valence-corrected chi connectivity index (χ4v) is 3.01. The number of rotatable bonds is 5. The SMILES string of the molecule is Fc1cc(F)cc(CC2(CNC3CC3)CCOCC2)c1. The molecule has 2 aliphatic rings. The van der Waals surface area contributed by atoms with E-state index in [1.807, 2.05) is 0 Å². The molecule has 0 spiro atoms. The number of hydrogen-bond donors (Lipinski definition) is 1. The van der Waals surface area contributed by atoms with E-state index in [1.165, 1.54) is 25.0 Å². The highest BCUT2D eigenvalue weighted by Crippen LogP contribution is 2.35. The zero-order valence-electron chi connectivity index (χ0n) is 11.6. The Bertz CT molecular complexity index is 447. The average Bonchev–Trinajstić information content (AvgIpc) is 3.20. The lowest BCUT2D eigenvalue weighted by Gasteiger charge is -2.38. The van der Waals surface area contributed by atoms with E-state index >= 15 is 0 Å². The second-order valence-corrected chi connectivity index (χ2v) is 6.22. The Morgan fingerprint density at radius 1 is 1.10 bits per heavy atom. The predicted molar refractivity (Wildman–Crippen MR) is 73.6 cm³/mol. The summed E-state index contributed by atoms with van der Waals surface area (Å²) in [6.07, 6.45) is 5.11. The van der Waals surface area contributed by atoms with E-state index in [2.05, 4.69) is 5.32 Å². The van der Waals surface area contributed by atoms with Gasteiger partial charge in [0.05, 0.1) is 0 Å². The van der Waals surface area contributed by atoms with Crippen LogP contribution in [0.4, 0.5) is 8.78 Å². The first kappa shape index (κ1) is 14.0. The molecule has 0 bridgehead atoms. The molecule has 3 rings (SSSR count). The third-order valence-electron chi connectivity index (χ3n) is 4.40. The Balaban J connectivity index is 1.73. The Kier molecular flexibility index (Phi) is 4.03. The van der Waals surface area contributed by atoms with Crippen LogP contribution >= 0.6 is 0 Å². The maximum Gasteiger partial charge on any atom is 0.126 e. The lowest BCUT2D eigenvalue weighted by atomic mass is 9.75. The molecule has 2 nitrogen and oxygen atoms in total. The minimum atomic E-state index is -0.489. The lowest BCUT2D eigenvalue weighted by Crippen LogP contribution is -2.41. The molecular weight excluding hydrogens is 260 g/mol. The van der Waals surface area contributed by atoms with Crippen molar-refractivity contribution in [2.24, 2.45) is 5.41 Å². The highest BCUT2D eigenvalue weighted by atomic mass is 19.1. The van der Waals surface area contributed by atoms with Crippen molar-refractivity contribution >= 4 is 0 Å². The van der Waals surface area contributed by atoms with E-state index in [-0.39, 0.29) is 5.41 Å². The van der Waals surface area contributed by atoms with Crippen molar-refractivity contribution in [2.45, 2.75) is 38.1 Å². The van der Waals surface area contributed by atoms with Gasteiger partial charge in [-0.05, 0) is 55.2 Å². The average molecular weight is 281 g/mol. The number of benzene rings is 1. The van der Waals surface area contributed by atoms with Crippen LogP contribution in [-0.4, -0.2) is 25.8 Å². The van der Waals surface area contributed by atoms with Crippen LogP contribution < -0.4 is 5.32 Å². The summed E-state index contributed by atoms with van der Waals surface area (Å²) in [6, 6.07) is 4.50. The number of ether oxygens (including phenoxy) is 1. The molecule has 1 aliphatic heterocycles. The van der Waals surface area contributed by atoms with E-state index in [9.17, 15) is 8.78 Å². The second-order valence-electron chi connectivity index (χ2n) is 6.22. The molecule has 2 fully saturated rings. The van der Waals surface area contributed by atoms with Gasteiger partial charge in [0.1, 0.15) is 11.6 Å². The third-order valence-corrected chi connectivity index (χ3v) is 4.40. The molecule has 110 valence electrons. The molecule has 1 aromatic rings. The summed E-state index contributed by atoms with van der Waals surface area (Å²) in [4.78, 5) is 0. The van der Waals surface area contributed by atoms with Gasteiger partial charge in [0.15, 0.2) is 0 Å². The zero-order chi connectivity index (χ0) is 14.0. The minimum absolute atomic E-state index is 0.0705. The molecular formula is C16H21F2NO. The van der Waals surface area contributed by atoms with E-state index in [0.29, 0.717) is 12.5 Å². The molecule has 20 heavy (non-hydrogen) atoms. The summed E-state index contributed by atoms with van der Waals surface area (Å²) < 4.78 is 32.2. The molecule has 0 aromatic heterocycles. The molecule has 0 atom stereocenters. The molecule has 0 amide bonds. The second kappa shape index (κ2) is 5.78. The van der Waals surface area contributed by atoms with Crippen molar-refractivity contribution < 1.29 is 13.5 Å². The molecule has 0 unspecified atom stereocenters. The maximum atomic E-state index is 13.4. The van der Waals surface area contributed by atoms with Crippen LogP contribution in [0.25, 0.3) is 0 Å². The van der Waals surface area contributed by atoms with E-state index < -0.39 is 11.6 Å². The zero-order valence-corrected chi connectivity index (χ0v) is 11.6. The minimum Gasteiger partial charge on any atom is -0.381 e. The van der Waals surface area contributed by atoms with Crippen LogP contribution in [-0.2, 0) is 11.2 Å². The molecule has 1 heterocycles. The summed E-state index contributed by atoms with van der Waals surface area (Å²) in [5.74, 6) is -0.977. The molecule has 4 heteroatoms. The van der Waals surface area contributed by atoms with Crippen molar-refractivity contribution in [3.8, 4) is 0 Å². The monoisotopic (exact) mass is 281 g/mol. The molecule has 1 N–H and O–H groups in total. The molecule has 1 aliphatic carbocycles. The summed E-state index contributed by atoms with van der Waals surface area (Å²) in [5.41, 5.74) is 0.822. The van der Waals surface area contributed by atoms with Gasteiger partial charge in [-0.1, -0.05) is 0 Å². The number of nitrogens with one attached hydrogen (secondary N) is 1. The topological polar surface area (TPSA) is 21.3 Å². The van der Waals surface area contributed by atoms with Gasteiger partial charge in [-0.2, -0.15) is 0 Å². The van der Waals surface area contributed by atoms with Gasteiger partial charge in [0.2, 0.25) is 0 Å². The van der Waals surface area contributed by atoms with Crippen molar-refractivity contribution in [1.29, 1.82) is 0 Å². The quantitative estimate of drug-likeness (QED) is 0.895.